The van der Waals surface area contributed by atoms with Crippen LogP contribution in [0.3, 0.4) is 0 Å². The van der Waals surface area contributed by atoms with Gasteiger partial charge in [-0.15, -0.1) is 22.7 Å². The van der Waals surface area contributed by atoms with Gasteiger partial charge in [0, 0.05) is 29.0 Å². The van der Waals surface area contributed by atoms with E-state index in [1.165, 1.54) is 0 Å². The summed E-state index contributed by atoms with van der Waals surface area (Å²) in [5.74, 6) is 0. The maximum atomic E-state index is 4.65. The molecular weight excluding hydrogens is 446 g/mol. The Morgan fingerprint density at radius 3 is 2.00 bits per heavy atom. The number of rotatable bonds is 2. The summed E-state index contributed by atoms with van der Waals surface area (Å²) >= 11 is 10.3. The molecule has 7 heteroatoms. The standard InChI is InChI=1S/C15H7Br2N3S2/c16-11-3-1-9(21-11)8-7-20-14(10-2-4-12(17)22-10)15-13(8)18-5-6-19-15/h1-7H. The summed E-state index contributed by atoms with van der Waals surface area (Å²) in [5, 5.41) is 0. The lowest BCUT2D eigenvalue weighted by atomic mass is 10.1. The van der Waals surface area contributed by atoms with Gasteiger partial charge in [0.25, 0.3) is 0 Å². The molecule has 108 valence electrons. The minimum atomic E-state index is 0.832. The highest BCUT2D eigenvalue weighted by Crippen LogP contribution is 2.38. The first-order valence-corrected chi connectivity index (χ1v) is 9.55. The highest BCUT2D eigenvalue weighted by molar-refractivity contribution is 9.11. The van der Waals surface area contributed by atoms with Crippen molar-refractivity contribution in [2.45, 2.75) is 0 Å². The number of aromatic nitrogens is 3. The van der Waals surface area contributed by atoms with E-state index in [-0.39, 0.29) is 0 Å². The third-order valence-electron chi connectivity index (χ3n) is 3.15. The predicted molar refractivity (Wildman–Crippen MR) is 99.4 cm³/mol. The van der Waals surface area contributed by atoms with Crippen LogP contribution < -0.4 is 0 Å². The molecule has 0 aliphatic carbocycles. The number of pyridine rings is 1. The van der Waals surface area contributed by atoms with Crippen LogP contribution >= 0.6 is 54.5 Å². The fourth-order valence-electron chi connectivity index (χ4n) is 2.22. The van der Waals surface area contributed by atoms with E-state index in [4.69, 9.17) is 0 Å². The number of hydrogen-bond acceptors (Lipinski definition) is 5. The van der Waals surface area contributed by atoms with Crippen molar-refractivity contribution in [2.75, 3.05) is 0 Å². The molecule has 0 fully saturated rings. The van der Waals surface area contributed by atoms with E-state index in [2.05, 4.69) is 52.9 Å². The van der Waals surface area contributed by atoms with Crippen LogP contribution in [0.25, 0.3) is 32.0 Å². The van der Waals surface area contributed by atoms with Crippen molar-refractivity contribution < 1.29 is 0 Å². The first-order valence-electron chi connectivity index (χ1n) is 6.33. The summed E-state index contributed by atoms with van der Waals surface area (Å²) in [6.07, 6.45) is 5.32. The van der Waals surface area contributed by atoms with Crippen molar-refractivity contribution >= 4 is 65.6 Å². The van der Waals surface area contributed by atoms with E-state index < -0.39 is 0 Å². The minimum absolute atomic E-state index is 0.832. The third-order valence-corrected chi connectivity index (χ3v) is 6.43. The van der Waals surface area contributed by atoms with Crippen molar-refractivity contribution in [3.8, 4) is 21.0 Å². The molecule has 0 saturated carbocycles. The van der Waals surface area contributed by atoms with E-state index in [0.717, 1.165) is 39.6 Å². The maximum Gasteiger partial charge on any atom is 0.116 e. The zero-order valence-corrected chi connectivity index (χ0v) is 15.8. The summed E-state index contributed by atoms with van der Waals surface area (Å²) in [4.78, 5) is 15.9. The molecule has 0 radical (unpaired) electrons. The molecule has 0 aliphatic heterocycles. The smallest absolute Gasteiger partial charge is 0.116 e. The molecule has 4 rings (SSSR count). The van der Waals surface area contributed by atoms with Crippen LogP contribution in [0.4, 0.5) is 0 Å². The second-order valence-electron chi connectivity index (χ2n) is 4.48. The predicted octanol–water partition coefficient (Wildman–Crippen LogP) is 6.01. The Hall–Kier alpha value is -1.15. The summed E-state index contributed by atoms with van der Waals surface area (Å²) in [5.41, 5.74) is 3.60. The molecule has 0 unspecified atom stereocenters. The highest BCUT2D eigenvalue weighted by atomic mass is 79.9. The fraction of sp³-hybridized carbons (Fsp3) is 0. The summed E-state index contributed by atoms with van der Waals surface area (Å²) in [6.45, 7) is 0. The molecule has 4 heterocycles. The molecule has 4 aromatic heterocycles. The van der Waals surface area contributed by atoms with Crippen LogP contribution in [0.5, 0.6) is 0 Å². The van der Waals surface area contributed by atoms with Crippen molar-refractivity contribution in [3.63, 3.8) is 0 Å². The Morgan fingerprint density at radius 2 is 1.36 bits per heavy atom. The van der Waals surface area contributed by atoms with Crippen LogP contribution in [0.2, 0.25) is 0 Å². The quantitative estimate of drug-likeness (QED) is 0.374. The summed E-state index contributed by atoms with van der Waals surface area (Å²) < 4.78 is 2.17. The Labute approximate surface area is 151 Å². The summed E-state index contributed by atoms with van der Waals surface area (Å²) in [7, 11) is 0. The van der Waals surface area contributed by atoms with E-state index >= 15 is 0 Å². The molecule has 0 atom stereocenters. The molecule has 22 heavy (non-hydrogen) atoms. The first kappa shape index (κ1) is 14.4. The second-order valence-corrected chi connectivity index (χ2v) is 9.41. The van der Waals surface area contributed by atoms with E-state index in [1.807, 2.05) is 24.4 Å². The maximum absolute atomic E-state index is 4.65. The normalized spacial score (nSPS) is 11.2. The SMILES string of the molecule is Brc1ccc(-c2cnc(-c3ccc(Br)s3)c3nccnc23)s1. The molecule has 0 aliphatic rings. The Balaban J connectivity index is 1.99. The van der Waals surface area contributed by atoms with Gasteiger partial charge in [0.1, 0.15) is 16.7 Å². The molecule has 0 N–H and O–H groups in total. The van der Waals surface area contributed by atoms with Crippen LogP contribution in [0.1, 0.15) is 0 Å². The van der Waals surface area contributed by atoms with Gasteiger partial charge in [0.15, 0.2) is 0 Å². The highest BCUT2D eigenvalue weighted by Gasteiger charge is 2.15. The van der Waals surface area contributed by atoms with E-state index in [1.54, 1.807) is 35.1 Å². The molecule has 4 aromatic rings. The number of fused-ring (bicyclic) bond motifs is 1. The van der Waals surface area contributed by atoms with Crippen LogP contribution in [-0.2, 0) is 0 Å². The second kappa shape index (κ2) is 5.81. The summed E-state index contributed by atoms with van der Waals surface area (Å²) in [6, 6.07) is 8.18. The van der Waals surface area contributed by atoms with E-state index in [9.17, 15) is 0 Å². The topological polar surface area (TPSA) is 38.7 Å². The number of nitrogens with zero attached hydrogens (tertiary/aromatic N) is 3. The van der Waals surface area contributed by atoms with Gasteiger partial charge in [0.2, 0.25) is 0 Å². The number of thiophene rings is 2. The van der Waals surface area contributed by atoms with Crippen LogP contribution in [-0.4, -0.2) is 15.0 Å². The third kappa shape index (κ3) is 2.52. The lowest BCUT2D eigenvalue weighted by Gasteiger charge is -2.06. The molecular formula is C15H7Br2N3S2. The average molecular weight is 453 g/mol. The van der Waals surface area contributed by atoms with Gasteiger partial charge in [-0.05, 0) is 56.1 Å². The van der Waals surface area contributed by atoms with Crippen molar-refractivity contribution in [1.29, 1.82) is 0 Å². The number of halogens is 2. The van der Waals surface area contributed by atoms with Gasteiger partial charge in [-0.2, -0.15) is 0 Å². The monoisotopic (exact) mass is 451 g/mol. The molecule has 0 saturated heterocycles. The first-order chi connectivity index (χ1) is 10.7. The Kier molecular flexibility index (Phi) is 3.81. The zero-order valence-electron chi connectivity index (χ0n) is 11.0. The van der Waals surface area contributed by atoms with Gasteiger partial charge < -0.3 is 0 Å². The van der Waals surface area contributed by atoms with Crippen molar-refractivity contribution in [3.05, 3.63) is 50.4 Å². The van der Waals surface area contributed by atoms with Crippen molar-refractivity contribution in [1.82, 2.24) is 15.0 Å². The lowest BCUT2D eigenvalue weighted by Crippen LogP contribution is -1.92. The Bertz CT molecular complexity index is 899. The largest absolute Gasteiger partial charge is 0.252 e. The molecule has 0 aromatic carbocycles. The van der Waals surface area contributed by atoms with Crippen molar-refractivity contribution in [2.24, 2.45) is 0 Å². The zero-order chi connectivity index (χ0) is 15.1. The molecule has 0 amide bonds. The van der Waals surface area contributed by atoms with Crippen LogP contribution in [0, 0.1) is 0 Å². The van der Waals surface area contributed by atoms with Gasteiger partial charge in [-0.1, -0.05) is 0 Å². The lowest BCUT2D eigenvalue weighted by molar-refractivity contribution is 1.26. The average Bonchev–Trinajstić information content (AvgIpc) is 3.15. The number of hydrogen-bond donors (Lipinski definition) is 0. The fourth-order valence-corrected chi connectivity index (χ4v) is 5.00. The minimum Gasteiger partial charge on any atom is -0.252 e. The molecule has 0 spiro atoms. The van der Waals surface area contributed by atoms with Gasteiger partial charge in [-0.25, -0.2) is 0 Å². The van der Waals surface area contributed by atoms with Crippen LogP contribution in [0.15, 0.2) is 50.4 Å². The molecule has 0 bridgehead atoms. The van der Waals surface area contributed by atoms with Gasteiger partial charge in [0.05, 0.1) is 12.4 Å². The van der Waals surface area contributed by atoms with E-state index in [0.29, 0.717) is 0 Å². The Morgan fingerprint density at radius 1 is 0.727 bits per heavy atom. The molecule has 3 nitrogen and oxygen atoms in total. The van der Waals surface area contributed by atoms with Gasteiger partial charge >= 0.3 is 0 Å². The van der Waals surface area contributed by atoms with Gasteiger partial charge in [-0.3, -0.25) is 15.0 Å².